The molecule has 5 heteroatoms. The van der Waals surface area contributed by atoms with Gasteiger partial charge in [0.15, 0.2) is 11.9 Å². The average molecular weight is 374 g/mol. The third kappa shape index (κ3) is 2.69. The van der Waals surface area contributed by atoms with Crippen LogP contribution >= 0.6 is 0 Å². The number of carbonyl (C=O) groups excluding carboxylic acids is 3. The molecule has 148 valence electrons. The van der Waals surface area contributed by atoms with E-state index in [1.54, 1.807) is 0 Å². The molecule has 2 fully saturated rings. The molecule has 0 radical (unpaired) electrons. The molecule has 2 aliphatic carbocycles. The van der Waals surface area contributed by atoms with Crippen molar-refractivity contribution in [2.75, 3.05) is 0 Å². The third-order valence-electron chi connectivity index (χ3n) is 7.49. The summed E-state index contributed by atoms with van der Waals surface area (Å²) in [7, 11) is 0. The summed E-state index contributed by atoms with van der Waals surface area (Å²) in [6.07, 6.45) is 4.51. The minimum Gasteiger partial charge on any atom is -0.447 e. The predicted molar refractivity (Wildman–Crippen MR) is 101 cm³/mol. The summed E-state index contributed by atoms with van der Waals surface area (Å²) in [5, 5.41) is 0. The summed E-state index contributed by atoms with van der Waals surface area (Å²) < 4.78 is 11.3. The monoisotopic (exact) mass is 374 g/mol. The second-order valence-corrected chi connectivity index (χ2v) is 9.17. The molecule has 0 N–H and O–H groups in total. The first-order valence-corrected chi connectivity index (χ1v) is 9.75. The maximum absolute atomic E-state index is 13.2. The summed E-state index contributed by atoms with van der Waals surface area (Å²) in [5.41, 5.74) is -0.710. The molecule has 0 amide bonds. The van der Waals surface area contributed by atoms with Crippen LogP contribution in [0.25, 0.3) is 0 Å². The van der Waals surface area contributed by atoms with Crippen LogP contribution in [0.15, 0.2) is 23.8 Å². The summed E-state index contributed by atoms with van der Waals surface area (Å²) in [5.74, 6) is -0.745. The Kier molecular flexibility index (Phi) is 4.64. The first-order valence-electron chi connectivity index (χ1n) is 9.75. The highest BCUT2D eigenvalue weighted by molar-refractivity contribution is 5.95. The number of hydrogen-bond acceptors (Lipinski definition) is 5. The molecular formula is C22H30O5. The van der Waals surface area contributed by atoms with Crippen LogP contribution in [-0.4, -0.2) is 29.4 Å². The lowest BCUT2D eigenvalue weighted by molar-refractivity contribution is -0.186. The maximum atomic E-state index is 13.2. The number of carbonyl (C=O) groups is 3. The number of fused-ring (bicyclic) bond motifs is 2. The molecule has 1 aliphatic heterocycles. The van der Waals surface area contributed by atoms with Crippen molar-refractivity contribution in [3.8, 4) is 0 Å². The lowest BCUT2D eigenvalue weighted by Gasteiger charge is -2.36. The van der Waals surface area contributed by atoms with E-state index in [4.69, 9.17) is 9.47 Å². The van der Waals surface area contributed by atoms with Gasteiger partial charge in [0.25, 0.3) is 0 Å². The van der Waals surface area contributed by atoms with Gasteiger partial charge in [-0.2, -0.15) is 0 Å². The molecule has 1 heterocycles. The zero-order valence-corrected chi connectivity index (χ0v) is 17.0. The van der Waals surface area contributed by atoms with Gasteiger partial charge in [0.05, 0.1) is 5.41 Å². The minimum atomic E-state index is -1.30. The summed E-state index contributed by atoms with van der Waals surface area (Å²) in [4.78, 5) is 37.8. The molecule has 5 nitrogen and oxygen atoms in total. The number of ether oxygens (including phenoxy) is 2. The Labute approximate surface area is 161 Å². The lowest BCUT2D eigenvalue weighted by atomic mass is 9.66. The molecule has 0 aromatic carbocycles. The number of ketones is 1. The molecule has 0 aromatic heterocycles. The molecule has 1 saturated heterocycles. The molecular weight excluding hydrogens is 344 g/mol. The number of allylic oxidation sites excluding steroid dienone is 2. The Morgan fingerprint density at radius 1 is 1.26 bits per heavy atom. The minimum absolute atomic E-state index is 0.206. The van der Waals surface area contributed by atoms with Gasteiger partial charge in [0.2, 0.25) is 5.60 Å². The van der Waals surface area contributed by atoms with E-state index in [0.29, 0.717) is 25.2 Å². The van der Waals surface area contributed by atoms with Crippen molar-refractivity contribution in [3.63, 3.8) is 0 Å². The van der Waals surface area contributed by atoms with Crippen molar-refractivity contribution < 1.29 is 23.9 Å². The fourth-order valence-corrected chi connectivity index (χ4v) is 4.86. The molecule has 1 saturated carbocycles. The van der Waals surface area contributed by atoms with Gasteiger partial charge in [0.1, 0.15) is 0 Å². The molecule has 4 atom stereocenters. The number of Topliss-reactive ketones (excluding diaryl/α,β-unsaturated/α-hetero) is 1. The average Bonchev–Trinajstić information content (AvgIpc) is 2.89. The molecule has 0 unspecified atom stereocenters. The van der Waals surface area contributed by atoms with E-state index in [1.807, 2.05) is 33.8 Å². The quantitative estimate of drug-likeness (QED) is 0.539. The van der Waals surface area contributed by atoms with Crippen LogP contribution in [-0.2, 0) is 23.9 Å². The number of esters is 2. The van der Waals surface area contributed by atoms with Gasteiger partial charge in [-0.3, -0.25) is 9.59 Å². The Hall–Kier alpha value is -1.91. The van der Waals surface area contributed by atoms with Gasteiger partial charge in [-0.1, -0.05) is 32.1 Å². The van der Waals surface area contributed by atoms with E-state index in [-0.39, 0.29) is 11.8 Å². The predicted octanol–water partition coefficient (Wildman–Crippen LogP) is 3.91. The second-order valence-electron chi connectivity index (χ2n) is 9.17. The van der Waals surface area contributed by atoms with E-state index in [1.165, 1.54) is 6.92 Å². The number of hydrogen-bond donors (Lipinski definition) is 0. The van der Waals surface area contributed by atoms with Crippen LogP contribution in [0.1, 0.15) is 66.7 Å². The maximum Gasteiger partial charge on any atom is 0.352 e. The smallest absolute Gasteiger partial charge is 0.352 e. The van der Waals surface area contributed by atoms with Crippen LogP contribution in [0.2, 0.25) is 0 Å². The molecule has 27 heavy (non-hydrogen) atoms. The molecule has 3 rings (SSSR count). The van der Waals surface area contributed by atoms with Crippen molar-refractivity contribution >= 4 is 17.7 Å². The Morgan fingerprint density at radius 3 is 2.33 bits per heavy atom. The van der Waals surface area contributed by atoms with Crippen molar-refractivity contribution in [2.24, 2.45) is 16.7 Å². The summed E-state index contributed by atoms with van der Waals surface area (Å²) in [6, 6.07) is 0. The van der Waals surface area contributed by atoms with E-state index in [9.17, 15) is 14.4 Å². The van der Waals surface area contributed by atoms with Crippen LogP contribution in [0.4, 0.5) is 0 Å². The van der Waals surface area contributed by atoms with Gasteiger partial charge in [0, 0.05) is 5.41 Å². The highest BCUT2D eigenvalue weighted by atomic mass is 16.6. The van der Waals surface area contributed by atoms with Gasteiger partial charge in [-0.25, -0.2) is 4.79 Å². The second kappa shape index (κ2) is 6.32. The first-order chi connectivity index (χ1) is 12.5. The van der Waals surface area contributed by atoms with Crippen LogP contribution in [0.3, 0.4) is 0 Å². The highest BCUT2D eigenvalue weighted by Crippen LogP contribution is 2.65. The van der Waals surface area contributed by atoms with E-state index in [0.717, 1.165) is 24.0 Å². The van der Waals surface area contributed by atoms with Crippen molar-refractivity contribution in [1.29, 1.82) is 0 Å². The summed E-state index contributed by atoms with van der Waals surface area (Å²) >= 11 is 0. The molecule has 2 bridgehead atoms. The molecule has 3 aliphatic rings. The van der Waals surface area contributed by atoms with Crippen molar-refractivity contribution in [2.45, 2.75) is 78.4 Å². The molecule has 0 aromatic rings. The lowest BCUT2D eigenvalue weighted by Crippen LogP contribution is -2.50. The van der Waals surface area contributed by atoms with Crippen molar-refractivity contribution in [3.05, 3.63) is 23.8 Å². The van der Waals surface area contributed by atoms with Crippen LogP contribution < -0.4 is 0 Å². The zero-order valence-electron chi connectivity index (χ0n) is 17.0. The fourth-order valence-electron chi connectivity index (χ4n) is 4.86. The molecule has 0 spiro atoms. The topological polar surface area (TPSA) is 69.7 Å². The number of rotatable bonds is 5. The van der Waals surface area contributed by atoms with Crippen molar-refractivity contribution in [1.82, 2.24) is 0 Å². The largest absolute Gasteiger partial charge is 0.447 e. The Morgan fingerprint density at radius 2 is 1.93 bits per heavy atom. The van der Waals surface area contributed by atoms with Gasteiger partial charge in [-0.15, -0.1) is 0 Å². The fraction of sp³-hybridized carbons (Fsp3) is 0.682. The van der Waals surface area contributed by atoms with Gasteiger partial charge in [-0.05, 0) is 64.4 Å². The normalized spacial score (nSPS) is 35.2. The van der Waals surface area contributed by atoms with Gasteiger partial charge >= 0.3 is 11.9 Å². The van der Waals surface area contributed by atoms with E-state index < -0.39 is 28.5 Å². The van der Waals surface area contributed by atoms with E-state index in [2.05, 4.69) is 6.58 Å². The van der Waals surface area contributed by atoms with Crippen LogP contribution in [0.5, 0.6) is 0 Å². The Balaban J connectivity index is 1.83. The Bertz CT molecular complexity index is 746. The van der Waals surface area contributed by atoms with E-state index >= 15 is 0 Å². The zero-order chi connectivity index (χ0) is 20.2. The first kappa shape index (κ1) is 19.8. The SMILES string of the molecule is C=C(C)[C@H]1CC=C([C@H](OC(=O)[C@@]23CC[C@@](C)(C(=O)O2)C3(C)C)C(C)=O)CC1. The standard InChI is InChI=1S/C22H30O5/c1-13(2)15-7-9-16(10-8-15)17(14(3)23)26-19(25)22-12-11-21(6,18(24)27-22)20(22,4)5/h9,15,17H,1,7-8,10-12H2,2-6H3/t15-,17+,21-,22+/m0/s1. The van der Waals surface area contributed by atoms with Crippen LogP contribution in [0, 0.1) is 16.7 Å². The third-order valence-corrected chi connectivity index (χ3v) is 7.49. The summed E-state index contributed by atoms with van der Waals surface area (Å²) in [6.45, 7) is 13.1. The highest BCUT2D eigenvalue weighted by Gasteiger charge is 2.76. The van der Waals surface area contributed by atoms with Gasteiger partial charge < -0.3 is 9.47 Å².